The summed E-state index contributed by atoms with van der Waals surface area (Å²) in [4.78, 5) is 2.27. The second-order valence-electron chi connectivity index (χ2n) is 3.97. The fraction of sp³-hybridized carbons (Fsp3) is 0.538. The summed E-state index contributed by atoms with van der Waals surface area (Å²) >= 11 is 3.62. The van der Waals surface area contributed by atoms with E-state index in [1.165, 1.54) is 11.3 Å². The number of aliphatic hydroxyl groups is 1. The van der Waals surface area contributed by atoms with Gasteiger partial charge in [0, 0.05) is 30.7 Å². The van der Waals surface area contributed by atoms with Crippen LogP contribution >= 0.6 is 15.9 Å². The highest BCUT2D eigenvalue weighted by Gasteiger charge is 2.08. The van der Waals surface area contributed by atoms with Crippen LogP contribution in [0.25, 0.3) is 0 Å². The third-order valence-corrected chi connectivity index (χ3v) is 3.34. The topological polar surface area (TPSA) is 35.5 Å². The fourth-order valence-electron chi connectivity index (χ4n) is 1.83. The van der Waals surface area contributed by atoms with Crippen molar-refractivity contribution in [2.75, 3.05) is 31.6 Å². The molecule has 4 heteroatoms. The number of rotatable bonds is 7. The monoisotopic (exact) mass is 300 g/mol. The van der Waals surface area contributed by atoms with Crippen LogP contribution in [-0.4, -0.2) is 31.9 Å². The van der Waals surface area contributed by atoms with E-state index in [-0.39, 0.29) is 6.61 Å². The number of benzene rings is 1. The largest absolute Gasteiger partial charge is 0.396 e. The standard InChI is InChI=1S/C13H21BrN2O/c1-3-16(7-4-8-17)13-6-5-11(10-15-2)9-12(13)14/h5-6,9,15,17H,3-4,7-8,10H2,1-2H3. The zero-order valence-corrected chi connectivity index (χ0v) is 12.1. The lowest BCUT2D eigenvalue weighted by molar-refractivity contribution is 0.289. The van der Waals surface area contributed by atoms with Gasteiger partial charge >= 0.3 is 0 Å². The zero-order valence-electron chi connectivity index (χ0n) is 10.5. The summed E-state index contributed by atoms with van der Waals surface area (Å²) in [5.41, 5.74) is 2.46. The molecule has 1 rings (SSSR count). The fourth-order valence-corrected chi connectivity index (χ4v) is 2.51. The molecule has 0 aliphatic rings. The van der Waals surface area contributed by atoms with Crippen molar-refractivity contribution < 1.29 is 5.11 Å². The van der Waals surface area contributed by atoms with Crippen LogP contribution in [0, 0.1) is 0 Å². The summed E-state index contributed by atoms with van der Waals surface area (Å²) in [5, 5.41) is 12.0. The summed E-state index contributed by atoms with van der Waals surface area (Å²) in [6, 6.07) is 6.42. The van der Waals surface area contributed by atoms with Crippen LogP contribution in [-0.2, 0) is 6.54 Å². The Morgan fingerprint density at radius 1 is 1.41 bits per heavy atom. The van der Waals surface area contributed by atoms with E-state index in [0.29, 0.717) is 0 Å². The van der Waals surface area contributed by atoms with Gasteiger partial charge in [0.05, 0.1) is 5.69 Å². The normalized spacial score (nSPS) is 10.6. The average molecular weight is 301 g/mol. The van der Waals surface area contributed by atoms with Crippen molar-refractivity contribution in [1.82, 2.24) is 5.32 Å². The predicted molar refractivity (Wildman–Crippen MR) is 76.5 cm³/mol. The van der Waals surface area contributed by atoms with Crippen LogP contribution in [0.2, 0.25) is 0 Å². The molecule has 96 valence electrons. The van der Waals surface area contributed by atoms with E-state index in [1.54, 1.807) is 0 Å². The smallest absolute Gasteiger partial charge is 0.0510 e. The molecule has 3 nitrogen and oxygen atoms in total. The lowest BCUT2D eigenvalue weighted by Gasteiger charge is -2.24. The summed E-state index contributed by atoms with van der Waals surface area (Å²) < 4.78 is 1.12. The van der Waals surface area contributed by atoms with Gasteiger partial charge in [0.25, 0.3) is 0 Å². The Morgan fingerprint density at radius 3 is 2.71 bits per heavy atom. The van der Waals surface area contributed by atoms with Crippen LogP contribution in [0.1, 0.15) is 18.9 Å². The van der Waals surface area contributed by atoms with Crippen molar-refractivity contribution in [1.29, 1.82) is 0 Å². The molecule has 0 atom stereocenters. The Labute approximate surface area is 112 Å². The van der Waals surface area contributed by atoms with E-state index >= 15 is 0 Å². The maximum absolute atomic E-state index is 8.89. The first-order chi connectivity index (χ1) is 8.22. The molecule has 1 aromatic rings. The van der Waals surface area contributed by atoms with Crippen LogP contribution < -0.4 is 10.2 Å². The highest BCUT2D eigenvalue weighted by atomic mass is 79.9. The first-order valence-electron chi connectivity index (χ1n) is 6.01. The Morgan fingerprint density at radius 2 is 2.18 bits per heavy atom. The lowest BCUT2D eigenvalue weighted by Crippen LogP contribution is -2.25. The van der Waals surface area contributed by atoms with Gasteiger partial charge in [-0.1, -0.05) is 6.07 Å². The number of halogens is 1. The Balaban J connectivity index is 2.81. The zero-order chi connectivity index (χ0) is 12.7. The molecule has 0 heterocycles. The second kappa shape index (κ2) is 7.69. The molecule has 0 bridgehead atoms. The first-order valence-corrected chi connectivity index (χ1v) is 6.81. The number of nitrogens with zero attached hydrogens (tertiary/aromatic N) is 1. The molecular formula is C13H21BrN2O. The Kier molecular flexibility index (Phi) is 6.55. The molecule has 0 amide bonds. The van der Waals surface area contributed by atoms with Gasteiger partial charge in [-0.15, -0.1) is 0 Å². The molecule has 0 aliphatic heterocycles. The first kappa shape index (κ1) is 14.5. The predicted octanol–water partition coefficient (Wildman–Crippen LogP) is 2.38. The maximum Gasteiger partial charge on any atom is 0.0510 e. The maximum atomic E-state index is 8.89. The highest BCUT2D eigenvalue weighted by Crippen LogP contribution is 2.27. The second-order valence-corrected chi connectivity index (χ2v) is 4.83. The van der Waals surface area contributed by atoms with Gasteiger partial charge in [-0.05, 0) is 54.0 Å². The van der Waals surface area contributed by atoms with Gasteiger partial charge in [0.1, 0.15) is 0 Å². The van der Waals surface area contributed by atoms with Gasteiger partial charge in [0.15, 0.2) is 0 Å². The van der Waals surface area contributed by atoms with E-state index < -0.39 is 0 Å². The van der Waals surface area contributed by atoms with Gasteiger partial charge in [0.2, 0.25) is 0 Å². The van der Waals surface area contributed by atoms with Crippen LogP contribution in [0.3, 0.4) is 0 Å². The molecule has 0 saturated carbocycles. The Hall–Kier alpha value is -0.580. The number of hydrogen-bond acceptors (Lipinski definition) is 3. The average Bonchev–Trinajstić information content (AvgIpc) is 2.32. The number of aliphatic hydroxyl groups excluding tert-OH is 1. The minimum atomic E-state index is 0.242. The molecular weight excluding hydrogens is 280 g/mol. The quantitative estimate of drug-likeness (QED) is 0.811. The van der Waals surface area contributed by atoms with Crippen molar-refractivity contribution in [2.45, 2.75) is 19.9 Å². The minimum absolute atomic E-state index is 0.242. The summed E-state index contributed by atoms with van der Waals surface area (Å²) in [5.74, 6) is 0. The Bertz CT molecular complexity index is 344. The van der Waals surface area contributed by atoms with Crippen molar-refractivity contribution in [2.24, 2.45) is 0 Å². The van der Waals surface area contributed by atoms with Crippen molar-refractivity contribution in [3.8, 4) is 0 Å². The van der Waals surface area contributed by atoms with Crippen molar-refractivity contribution >= 4 is 21.6 Å². The van der Waals surface area contributed by atoms with E-state index in [9.17, 15) is 0 Å². The molecule has 0 spiro atoms. The third kappa shape index (κ3) is 4.30. The SMILES string of the molecule is CCN(CCCO)c1ccc(CNC)cc1Br. The minimum Gasteiger partial charge on any atom is -0.396 e. The molecule has 0 aromatic heterocycles. The summed E-state index contributed by atoms with van der Waals surface area (Å²) in [7, 11) is 1.95. The van der Waals surface area contributed by atoms with Crippen LogP contribution in [0.4, 0.5) is 5.69 Å². The lowest BCUT2D eigenvalue weighted by atomic mass is 10.2. The molecule has 1 aromatic carbocycles. The van der Waals surface area contributed by atoms with Crippen LogP contribution in [0.5, 0.6) is 0 Å². The van der Waals surface area contributed by atoms with E-state index in [2.05, 4.69) is 51.3 Å². The highest BCUT2D eigenvalue weighted by molar-refractivity contribution is 9.10. The summed E-state index contributed by atoms with van der Waals surface area (Å²) in [6.45, 7) is 5.08. The molecule has 17 heavy (non-hydrogen) atoms. The van der Waals surface area contributed by atoms with E-state index in [0.717, 1.165) is 30.5 Å². The van der Waals surface area contributed by atoms with Crippen LogP contribution in [0.15, 0.2) is 22.7 Å². The van der Waals surface area contributed by atoms with Gasteiger partial charge in [-0.25, -0.2) is 0 Å². The number of hydrogen-bond donors (Lipinski definition) is 2. The van der Waals surface area contributed by atoms with Gasteiger partial charge in [-0.3, -0.25) is 0 Å². The van der Waals surface area contributed by atoms with Crippen molar-refractivity contribution in [3.63, 3.8) is 0 Å². The van der Waals surface area contributed by atoms with Gasteiger partial charge < -0.3 is 15.3 Å². The van der Waals surface area contributed by atoms with E-state index in [1.807, 2.05) is 7.05 Å². The molecule has 0 saturated heterocycles. The van der Waals surface area contributed by atoms with E-state index in [4.69, 9.17) is 5.11 Å². The third-order valence-electron chi connectivity index (χ3n) is 2.70. The number of anilines is 1. The van der Waals surface area contributed by atoms with Crippen molar-refractivity contribution in [3.05, 3.63) is 28.2 Å². The summed E-state index contributed by atoms with van der Waals surface area (Å²) in [6.07, 6.45) is 0.804. The molecule has 0 fully saturated rings. The molecule has 2 N–H and O–H groups in total. The molecule has 0 unspecified atom stereocenters. The number of nitrogens with one attached hydrogen (secondary N) is 1. The molecule has 0 aliphatic carbocycles. The molecule has 0 radical (unpaired) electrons. The van der Waals surface area contributed by atoms with Gasteiger partial charge in [-0.2, -0.15) is 0 Å².